The molecule has 0 aromatic heterocycles. The summed E-state index contributed by atoms with van der Waals surface area (Å²) in [5, 5.41) is 4.21. The van der Waals surface area contributed by atoms with Crippen LogP contribution in [0.1, 0.15) is 12.0 Å². The minimum absolute atomic E-state index is 0.561. The number of hydrogen-bond acceptors (Lipinski definition) is 1. The highest BCUT2D eigenvalue weighted by atomic mass is 35.5. The maximum absolute atomic E-state index is 5.82. The second kappa shape index (κ2) is 4.63. The third-order valence-electron chi connectivity index (χ3n) is 2.52. The van der Waals surface area contributed by atoms with E-state index in [4.69, 9.17) is 11.6 Å². The fourth-order valence-electron chi connectivity index (χ4n) is 1.69. The number of halogens is 1. The first kappa shape index (κ1) is 9.75. The quantitative estimate of drug-likeness (QED) is 0.752. The zero-order valence-electron chi connectivity index (χ0n) is 8.04. The minimum Gasteiger partial charge on any atom is -0.307 e. The van der Waals surface area contributed by atoms with Crippen LogP contribution < -0.4 is 5.32 Å². The lowest BCUT2D eigenvalue weighted by atomic mass is 10.1. The molecule has 2 rings (SSSR count). The Bertz CT molecular complexity index is 316. The zero-order valence-corrected chi connectivity index (χ0v) is 8.80. The van der Waals surface area contributed by atoms with Crippen LogP contribution in [0, 0.1) is 0 Å². The van der Waals surface area contributed by atoms with Gasteiger partial charge in [-0.15, -0.1) is 0 Å². The molecule has 74 valence electrons. The highest BCUT2D eigenvalue weighted by Crippen LogP contribution is 2.12. The first-order chi connectivity index (χ1) is 6.84. The van der Waals surface area contributed by atoms with Gasteiger partial charge in [-0.2, -0.15) is 0 Å². The largest absolute Gasteiger partial charge is 0.307 e. The molecule has 0 spiro atoms. The first-order valence-corrected chi connectivity index (χ1v) is 5.37. The monoisotopic (exact) mass is 207 g/mol. The van der Waals surface area contributed by atoms with Crippen molar-refractivity contribution in [2.75, 3.05) is 6.54 Å². The van der Waals surface area contributed by atoms with Gasteiger partial charge in [0.2, 0.25) is 0 Å². The summed E-state index contributed by atoms with van der Waals surface area (Å²) >= 11 is 5.82. The van der Waals surface area contributed by atoms with Gasteiger partial charge in [-0.05, 0) is 30.5 Å². The molecule has 0 bridgehead atoms. The molecule has 1 nitrogen and oxygen atoms in total. The summed E-state index contributed by atoms with van der Waals surface area (Å²) in [6.07, 6.45) is 6.71. The van der Waals surface area contributed by atoms with Crippen LogP contribution in [-0.4, -0.2) is 12.6 Å². The Balaban J connectivity index is 1.85. The average molecular weight is 208 g/mol. The maximum atomic E-state index is 5.82. The van der Waals surface area contributed by atoms with Crippen molar-refractivity contribution in [1.29, 1.82) is 0 Å². The van der Waals surface area contributed by atoms with E-state index in [0.29, 0.717) is 6.04 Å². The molecule has 0 aliphatic carbocycles. The van der Waals surface area contributed by atoms with Crippen molar-refractivity contribution in [3.63, 3.8) is 0 Å². The second-order valence-corrected chi connectivity index (χ2v) is 4.04. The van der Waals surface area contributed by atoms with Crippen molar-refractivity contribution in [1.82, 2.24) is 5.32 Å². The molecular weight excluding hydrogens is 194 g/mol. The lowest BCUT2D eigenvalue weighted by Crippen LogP contribution is -2.22. The van der Waals surface area contributed by atoms with E-state index in [2.05, 4.69) is 29.6 Å². The van der Waals surface area contributed by atoms with Gasteiger partial charge in [0.05, 0.1) is 0 Å². The predicted octanol–water partition coefficient (Wildman–Crippen LogP) is 2.80. The van der Waals surface area contributed by atoms with Gasteiger partial charge in [0, 0.05) is 17.6 Å². The van der Waals surface area contributed by atoms with Crippen LogP contribution >= 0.6 is 11.6 Å². The van der Waals surface area contributed by atoms with Crippen LogP contribution in [0.25, 0.3) is 0 Å². The maximum Gasteiger partial charge on any atom is 0.0406 e. The molecule has 1 aliphatic rings. The summed E-state index contributed by atoms with van der Waals surface area (Å²) in [7, 11) is 0. The number of hydrogen-bond donors (Lipinski definition) is 1. The van der Waals surface area contributed by atoms with E-state index >= 15 is 0 Å². The molecule has 14 heavy (non-hydrogen) atoms. The topological polar surface area (TPSA) is 12.0 Å². The number of aryl methyl sites for hydroxylation is 1. The Kier molecular flexibility index (Phi) is 3.22. The van der Waals surface area contributed by atoms with Gasteiger partial charge in [0.1, 0.15) is 0 Å². The van der Waals surface area contributed by atoms with Gasteiger partial charge >= 0.3 is 0 Å². The highest BCUT2D eigenvalue weighted by molar-refractivity contribution is 6.30. The van der Waals surface area contributed by atoms with Gasteiger partial charge in [-0.25, -0.2) is 0 Å². The summed E-state index contributed by atoms with van der Waals surface area (Å²) in [5.74, 6) is 0. The van der Waals surface area contributed by atoms with Gasteiger partial charge in [0.25, 0.3) is 0 Å². The summed E-state index contributed by atoms with van der Waals surface area (Å²) in [4.78, 5) is 0. The van der Waals surface area contributed by atoms with Crippen LogP contribution in [0.3, 0.4) is 0 Å². The molecule has 1 aromatic carbocycles. The van der Waals surface area contributed by atoms with Crippen molar-refractivity contribution in [3.05, 3.63) is 47.0 Å². The smallest absolute Gasteiger partial charge is 0.0406 e. The molecule has 1 heterocycles. The van der Waals surface area contributed by atoms with Crippen molar-refractivity contribution < 1.29 is 0 Å². The van der Waals surface area contributed by atoms with Crippen molar-refractivity contribution in [2.45, 2.75) is 18.9 Å². The van der Waals surface area contributed by atoms with E-state index in [0.717, 1.165) is 24.4 Å². The van der Waals surface area contributed by atoms with Crippen LogP contribution in [0.4, 0.5) is 0 Å². The van der Waals surface area contributed by atoms with Crippen LogP contribution in [-0.2, 0) is 6.42 Å². The minimum atomic E-state index is 0.561. The van der Waals surface area contributed by atoms with E-state index in [1.54, 1.807) is 0 Å². The molecule has 0 fully saturated rings. The standard InChI is InChI=1S/C12H14ClN/c13-11-6-3-10(4-7-11)5-8-12-2-1-9-14-12/h1-4,6-7,12,14H,5,8-9H2. The van der Waals surface area contributed by atoms with Gasteiger partial charge in [-0.3, -0.25) is 0 Å². The van der Waals surface area contributed by atoms with Gasteiger partial charge < -0.3 is 5.32 Å². The molecule has 0 radical (unpaired) electrons. The fourth-order valence-corrected chi connectivity index (χ4v) is 1.82. The Morgan fingerprint density at radius 3 is 2.71 bits per heavy atom. The molecule has 0 amide bonds. The van der Waals surface area contributed by atoms with Crippen molar-refractivity contribution in [2.24, 2.45) is 0 Å². The lowest BCUT2D eigenvalue weighted by Gasteiger charge is -2.08. The van der Waals surface area contributed by atoms with Crippen LogP contribution in [0.15, 0.2) is 36.4 Å². The van der Waals surface area contributed by atoms with E-state index in [9.17, 15) is 0 Å². The summed E-state index contributed by atoms with van der Waals surface area (Å²) < 4.78 is 0. The van der Waals surface area contributed by atoms with Gasteiger partial charge in [-0.1, -0.05) is 35.9 Å². The first-order valence-electron chi connectivity index (χ1n) is 4.99. The third-order valence-corrected chi connectivity index (χ3v) is 2.78. The summed E-state index contributed by atoms with van der Waals surface area (Å²) in [5.41, 5.74) is 1.36. The summed E-state index contributed by atoms with van der Waals surface area (Å²) in [6.45, 7) is 1.02. The molecule has 2 heteroatoms. The van der Waals surface area contributed by atoms with Crippen LogP contribution in [0.5, 0.6) is 0 Å². The Morgan fingerprint density at radius 2 is 2.07 bits per heavy atom. The molecule has 1 unspecified atom stereocenters. The molecule has 1 aliphatic heterocycles. The second-order valence-electron chi connectivity index (χ2n) is 3.61. The fraction of sp³-hybridized carbons (Fsp3) is 0.333. The van der Waals surface area contributed by atoms with Crippen molar-refractivity contribution >= 4 is 11.6 Å². The molecule has 0 saturated carbocycles. The molecule has 0 saturated heterocycles. The Hall–Kier alpha value is -0.790. The zero-order chi connectivity index (χ0) is 9.80. The van der Waals surface area contributed by atoms with E-state index in [-0.39, 0.29) is 0 Å². The Morgan fingerprint density at radius 1 is 1.29 bits per heavy atom. The molecule has 1 atom stereocenters. The Labute approximate surface area is 89.8 Å². The number of nitrogens with one attached hydrogen (secondary N) is 1. The average Bonchev–Trinajstić information content (AvgIpc) is 2.70. The van der Waals surface area contributed by atoms with Crippen molar-refractivity contribution in [3.8, 4) is 0 Å². The van der Waals surface area contributed by atoms with Crippen LogP contribution in [0.2, 0.25) is 5.02 Å². The van der Waals surface area contributed by atoms with Gasteiger partial charge in [0.15, 0.2) is 0 Å². The SMILES string of the molecule is Clc1ccc(CCC2C=CCN2)cc1. The predicted molar refractivity (Wildman–Crippen MR) is 60.7 cm³/mol. The summed E-state index contributed by atoms with van der Waals surface area (Å²) in [6, 6.07) is 8.66. The molecule has 1 aromatic rings. The highest BCUT2D eigenvalue weighted by Gasteiger charge is 2.07. The van der Waals surface area contributed by atoms with E-state index in [1.807, 2.05) is 12.1 Å². The number of benzene rings is 1. The molecule has 1 N–H and O–H groups in total. The molecular formula is C12H14ClN. The van der Waals surface area contributed by atoms with E-state index in [1.165, 1.54) is 5.56 Å². The number of rotatable bonds is 3. The normalized spacial score (nSPS) is 20.2. The van der Waals surface area contributed by atoms with E-state index < -0.39 is 0 Å². The lowest BCUT2D eigenvalue weighted by molar-refractivity contribution is 0.616. The third kappa shape index (κ3) is 2.60.